The van der Waals surface area contributed by atoms with Crippen LogP contribution in [0.25, 0.3) is 0 Å². The van der Waals surface area contributed by atoms with Crippen LogP contribution in [-0.2, 0) is 9.47 Å². The van der Waals surface area contributed by atoms with Crippen molar-refractivity contribution in [2.45, 2.75) is 40.2 Å². The van der Waals surface area contributed by atoms with E-state index in [-0.39, 0.29) is 6.10 Å². The van der Waals surface area contributed by atoms with Crippen molar-refractivity contribution in [3.8, 4) is 0 Å². The van der Waals surface area contributed by atoms with Gasteiger partial charge in [0, 0.05) is 26.2 Å². The Bertz CT molecular complexity index is 195. The van der Waals surface area contributed by atoms with E-state index in [1.807, 2.05) is 0 Å². The molecule has 3 heteroatoms. The summed E-state index contributed by atoms with van der Waals surface area (Å²) >= 11 is 0. The van der Waals surface area contributed by atoms with Crippen LogP contribution in [0.4, 0.5) is 0 Å². The van der Waals surface area contributed by atoms with Gasteiger partial charge < -0.3 is 9.47 Å². The Morgan fingerprint density at radius 1 is 1.24 bits per heavy atom. The van der Waals surface area contributed by atoms with Crippen LogP contribution < -0.4 is 0 Å². The Balaban J connectivity index is 2.12. The summed E-state index contributed by atoms with van der Waals surface area (Å²) in [5, 5.41) is 0. The molecule has 1 saturated heterocycles. The third-order valence-corrected chi connectivity index (χ3v) is 2.99. The average molecular weight is 243 g/mol. The fourth-order valence-corrected chi connectivity index (χ4v) is 2.10. The van der Waals surface area contributed by atoms with Gasteiger partial charge in [-0.05, 0) is 18.3 Å². The topological polar surface area (TPSA) is 21.7 Å². The first kappa shape index (κ1) is 14.9. The number of hydrogen-bond donors (Lipinski definition) is 0. The Morgan fingerprint density at radius 2 is 2.00 bits per heavy atom. The predicted molar refractivity (Wildman–Crippen MR) is 71.3 cm³/mol. The molecule has 0 aromatic heterocycles. The molecule has 1 rings (SSSR count). The molecular weight excluding hydrogens is 214 g/mol. The molecule has 0 spiro atoms. The first-order valence-electron chi connectivity index (χ1n) is 6.99. The smallest absolute Gasteiger partial charge is 0.0935 e. The third-order valence-electron chi connectivity index (χ3n) is 2.99. The lowest BCUT2D eigenvalue weighted by Gasteiger charge is -2.33. The van der Waals surface area contributed by atoms with Crippen molar-refractivity contribution in [1.29, 1.82) is 0 Å². The van der Waals surface area contributed by atoms with Gasteiger partial charge in [0.25, 0.3) is 0 Å². The minimum Gasteiger partial charge on any atom is -0.379 e. The van der Waals surface area contributed by atoms with Crippen molar-refractivity contribution < 1.29 is 9.47 Å². The van der Waals surface area contributed by atoms with E-state index in [9.17, 15) is 0 Å². The fraction of sp³-hybridized carbons (Fsp3) is 1.00. The van der Waals surface area contributed by atoms with E-state index in [0.717, 1.165) is 51.2 Å². The summed E-state index contributed by atoms with van der Waals surface area (Å²) in [5.74, 6) is 1.45. The minimum atomic E-state index is 0.273. The summed E-state index contributed by atoms with van der Waals surface area (Å²) in [6, 6.07) is 0. The maximum atomic E-state index is 5.73. The van der Waals surface area contributed by atoms with Gasteiger partial charge in [-0.15, -0.1) is 0 Å². The second-order valence-electron chi connectivity index (χ2n) is 5.90. The monoisotopic (exact) mass is 243 g/mol. The Hall–Kier alpha value is -0.120. The van der Waals surface area contributed by atoms with E-state index >= 15 is 0 Å². The zero-order chi connectivity index (χ0) is 12.7. The van der Waals surface area contributed by atoms with Crippen LogP contribution in [0.3, 0.4) is 0 Å². The molecule has 0 radical (unpaired) electrons. The number of ether oxygens (including phenoxy) is 2. The van der Waals surface area contributed by atoms with Gasteiger partial charge in [0.1, 0.15) is 0 Å². The third kappa shape index (κ3) is 7.02. The van der Waals surface area contributed by atoms with Crippen LogP contribution >= 0.6 is 0 Å². The summed E-state index contributed by atoms with van der Waals surface area (Å²) in [6.45, 7) is 14.7. The summed E-state index contributed by atoms with van der Waals surface area (Å²) in [5.41, 5.74) is 0. The van der Waals surface area contributed by atoms with Crippen molar-refractivity contribution in [3.63, 3.8) is 0 Å². The lowest BCUT2D eigenvalue weighted by molar-refractivity contribution is -0.0719. The van der Waals surface area contributed by atoms with Gasteiger partial charge in [0.2, 0.25) is 0 Å². The van der Waals surface area contributed by atoms with Gasteiger partial charge in [0.15, 0.2) is 0 Å². The molecular formula is C14H29NO2. The molecule has 0 saturated carbocycles. The highest BCUT2D eigenvalue weighted by atomic mass is 16.5. The maximum absolute atomic E-state index is 5.73. The molecule has 0 N–H and O–H groups in total. The summed E-state index contributed by atoms with van der Waals surface area (Å²) in [6.07, 6.45) is 1.41. The molecule has 0 amide bonds. The number of nitrogens with zero attached hydrogens (tertiary/aromatic N) is 1. The zero-order valence-corrected chi connectivity index (χ0v) is 11.9. The molecule has 1 aliphatic heterocycles. The second-order valence-corrected chi connectivity index (χ2v) is 5.90. The van der Waals surface area contributed by atoms with Crippen molar-refractivity contribution in [2.24, 2.45) is 11.8 Å². The van der Waals surface area contributed by atoms with Crippen LogP contribution in [0, 0.1) is 11.8 Å². The van der Waals surface area contributed by atoms with Gasteiger partial charge in [-0.3, -0.25) is 4.90 Å². The molecule has 3 nitrogen and oxygen atoms in total. The molecule has 17 heavy (non-hydrogen) atoms. The lowest BCUT2D eigenvalue weighted by atomic mass is 10.1. The van der Waals surface area contributed by atoms with E-state index in [1.54, 1.807) is 0 Å². The SMILES string of the molecule is CC(C)CCOCC1CN(CC(C)C)CCO1. The molecule has 1 heterocycles. The van der Waals surface area contributed by atoms with Crippen LogP contribution in [0.5, 0.6) is 0 Å². The molecule has 1 atom stereocenters. The van der Waals surface area contributed by atoms with Crippen LogP contribution in [0.1, 0.15) is 34.1 Å². The average Bonchev–Trinajstić information content (AvgIpc) is 2.24. The fourth-order valence-electron chi connectivity index (χ4n) is 2.10. The van der Waals surface area contributed by atoms with Gasteiger partial charge >= 0.3 is 0 Å². The van der Waals surface area contributed by atoms with Gasteiger partial charge in [-0.1, -0.05) is 27.7 Å². The number of rotatable bonds is 7. The normalized spacial score (nSPS) is 22.6. The lowest BCUT2D eigenvalue weighted by Crippen LogP contribution is -2.45. The van der Waals surface area contributed by atoms with Gasteiger partial charge in [-0.2, -0.15) is 0 Å². The van der Waals surface area contributed by atoms with E-state index in [0.29, 0.717) is 0 Å². The highest BCUT2D eigenvalue weighted by Crippen LogP contribution is 2.09. The first-order chi connectivity index (χ1) is 8.08. The highest BCUT2D eigenvalue weighted by molar-refractivity contribution is 4.72. The van der Waals surface area contributed by atoms with Crippen molar-refractivity contribution in [2.75, 3.05) is 39.5 Å². The molecule has 1 unspecified atom stereocenters. The van der Waals surface area contributed by atoms with E-state index < -0.39 is 0 Å². The van der Waals surface area contributed by atoms with E-state index in [1.165, 1.54) is 6.54 Å². The van der Waals surface area contributed by atoms with Crippen molar-refractivity contribution >= 4 is 0 Å². The Labute approximate surface area is 106 Å². The Kier molecular flexibility index (Phi) is 7.09. The van der Waals surface area contributed by atoms with Crippen molar-refractivity contribution in [3.05, 3.63) is 0 Å². The maximum Gasteiger partial charge on any atom is 0.0935 e. The molecule has 102 valence electrons. The summed E-state index contributed by atoms with van der Waals surface area (Å²) in [7, 11) is 0. The molecule has 1 fully saturated rings. The van der Waals surface area contributed by atoms with Crippen molar-refractivity contribution in [1.82, 2.24) is 4.90 Å². The minimum absolute atomic E-state index is 0.273. The molecule has 1 aliphatic rings. The largest absolute Gasteiger partial charge is 0.379 e. The van der Waals surface area contributed by atoms with Crippen LogP contribution in [0.2, 0.25) is 0 Å². The summed E-state index contributed by atoms with van der Waals surface area (Å²) < 4.78 is 11.4. The standard InChI is InChI=1S/C14H29NO2/c1-12(2)5-7-16-11-14-10-15(6-8-17-14)9-13(3)4/h12-14H,5-11H2,1-4H3. The Morgan fingerprint density at radius 3 is 2.65 bits per heavy atom. The van der Waals surface area contributed by atoms with Gasteiger partial charge in [-0.25, -0.2) is 0 Å². The van der Waals surface area contributed by atoms with E-state index in [4.69, 9.17) is 9.47 Å². The highest BCUT2D eigenvalue weighted by Gasteiger charge is 2.20. The second kappa shape index (κ2) is 8.06. The van der Waals surface area contributed by atoms with Crippen LogP contribution in [-0.4, -0.2) is 50.5 Å². The zero-order valence-electron chi connectivity index (χ0n) is 11.9. The molecule has 0 bridgehead atoms. The molecule has 0 aliphatic carbocycles. The predicted octanol–water partition coefficient (Wildman–Crippen LogP) is 2.41. The van der Waals surface area contributed by atoms with Gasteiger partial charge in [0.05, 0.1) is 19.3 Å². The number of hydrogen-bond acceptors (Lipinski definition) is 3. The number of morpholine rings is 1. The molecule has 0 aromatic carbocycles. The van der Waals surface area contributed by atoms with Crippen LogP contribution in [0.15, 0.2) is 0 Å². The quantitative estimate of drug-likeness (QED) is 0.641. The van der Waals surface area contributed by atoms with E-state index in [2.05, 4.69) is 32.6 Å². The first-order valence-corrected chi connectivity index (χ1v) is 6.99. The summed E-state index contributed by atoms with van der Waals surface area (Å²) in [4.78, 5) is 2.49. The molecule has 0 aromatic rings.